The van der Waals surface area contributed by atoms with Gasteiger partial charge in [-0.15, -0.1) is 0 Å². The maximum Gasteiger partial charge on any atom is 0.332 e. The highest BCUT2D eigenvalue weighted by Gasteiger charge is 2.49. The van der Waals surface area contributed by atoms with Crippen molar-refractivity contribution in [2.45, 2.75) is 96.4 Å². The van der Waals surface area contributed by atoms with Crippen molar-refractivity contribution in [3.05, 3.63) is 362 Å². The molecular weight excluding hydrogens is 1790 g/mol. The van der Waals surface area contributed by atoms with Crippen LogP contribution in [-0.4, -0.2) is 213 Å². The lowest BCUT2D eigenvalue weighted by atomic mass is 10.0. The molecule has 12 aromatic rings. The molecule has 37 heteroatoms. The highest BCUT2D eigenvalue weighted by molar-refractivity contribution is 6.23. The topological polar surface area (TPSA) is 488 Å². The van der Waals surface area contributed by atoms with Gasteiger partial charge in [0, 0.05) is 80.3 Å². The van der Waals surface area contributed by atoms with E-state index < -0.39 is 59.9 Å². The highest BCUT2D eigenvalue weighted by atomic mass is 16.5. The van der Waals surface area contributed by atoms with Crippen LogP contribution in [-0.2, 0) is 71.2 Å². The summed E-state index contributed by atoms with van der Waals surface area (Å²) in [5, 5.41) is 59.0. The summed E-state index contributed by atoms with van der Waals surface area (Å²) < 4.78 is 7.03. The first-order valence-corrected chi connectivity index (χ1v) is 44.0. The Morgan fingerprint density at radius 1 is 0.403 bits per heavy atom. The third-order valence-corrected chi connectivity index (χ3v) is 23.2. The van der Waals surface area contributed by atoms with E-state index in [2.05, 4.69) is 15.6 Å². The van der Waals surface area contributed by atoms with Gasteiger partial charge < -0.3 is 50.2 Å². The molecule has 13 N–H and O–H groups in total. The SMILES string of the molecule is CC(C)[C@@H]1C(=O)N(c2ccccc2)C(=O)N1Cc1ccc(C(=O)NO)cc1.CN(C)CCCN1C(=O)[C@H](Cc2ccc(O)cc2)N(Cc2ccc(C(=O)NO)cc2)C1=O.CNC(=O)c1ccc(CN2C(=O)N(c3ccccc3OC)C(=O)[C@@H]2Cc2ccc(O)cc2)cc1.O=C(NO)c1ccc(CN2C(=O)N[C@@H](Cc3ccccc3)C2=O)cc1.O=C(NO)c1ccc(Cn2c(=O)[nH]c3ccccc32)cc1. The van der Waals surface area contributed by atoms with Gasteiger partial charge in [-0.3, -0.25) is 78.3 Å². The van der Waals surface area contributed by atoms with Crippen LogP contribution in [0.15, 0.2) is 284 Å². The number of anilines is 2. The van der Waals surface area contributed by atoms with Crippen LogP contribution in [0.5, 0.6) is 17.2 Å². The van der Waals surface area contributed by atoms with E-state index >= 15 is 0 Å². The van der Waals surface area contributed by atoms with Gasteiger partial charge in [-0.2, -0.15) is 0 Å². The first-order chi connectivity index (χ1) is 66.9. The smallest absolute Gasteiger partial charge is 0.332 e. The normalized spacial score (nSPS) is 15.4. The maximum absolute atomic E-state index is 13.5. The third-order valence-electron chi connectivity index (χ3n) is 23.2. The van der Waals surface area contributed by atoms with Crippen LogP contribution in [0.2, 0.25) is 0 Å². The lowest BCUT2D eigenvalue weighted by Crippen LogP contribution is -2.38. The Morgan fingerprint density at radius 3 is 1.26 bits per heavy atom. The second kappa shape index (κ2) is 47.3. The third kappa shape index (κ3) is 25.2. The number of aromatic nitrogens is 2. The van der Waals surface area contributed by atoms with Crippen molar-refractivity contribution in [3.63, 3.8) is 0 Å². The van der Waals surface area contributed by atoms with E-state index in [0.717, 1.165) is 66.3 Å². The maximum atomic E-state index is 13.5. The molecule has 5 heterocycles. The van der Waals surface area contributed by atoms with Crippen LogP contribution in [0.3, 0.4) is 0 Å². The van der Waals surface area contributed by atoms with Crippen molar-refractivity contribution in [1.29, 1.82) is 0 Å². The minimum absolute atomic E-state index is 0.0467. The van der Waals surface area contributed by atoms with Gasteiger partial charge in [0.2, 0.25) is 0 Å². The van der Waals surface area contributed by atoms with Gasteiger partial charge in [-0.25, -0.2) is 55.7 Å². The summed E-state index contributed by atoms with van der Waals surface area (Å²) in [4.78, 5) is 188. The number of fused-ring (bicyclic) bond motifs is 1. The van der Waals surface area contributed by atoms with Gasteiger partial charge in [0.25, 0.3) is 53.2 Å². The number of methoxy groups -OCH3 is 1. The first-order valence-electron chi connectivity index (χ1n) is 44.0. The van der Waals surface area contributed by atoms with Crippen LogP contribution in [0, 0.1) is 5.92 Å². The number of benzene rings is 11. The average Bonchev–Trinajstić information content (AvgIpc) is 1.62. The standard InChI is InChI=1S/C26H25N3O5.C23H28N4O5.C20H21N3O4.C18H17N3O4.C15H13N3O3/c1-27-24(31)19-11-7-18(8-12-19)16-28-22(15-17-9-13-20(30)14-10-17)25(32)29(26(28)33)21-5-3-4-6-23(21)34-2;1-25(2)12-3-13-26-22(30)20(14-16-6-10-19(28)11-7-16)27(23(26)31)15-17-4-8-18(9-5-17)21(29)24-32;1-13(2)17-19(25)23(16-6-4-3-5-7-16)20(26)22(17)12-14-8-10-15(11-9-14)18(24)21-27;22-16(20-25)14-8-6-13(7-9-14)11-21-17(23)15(19-18(21)24)10-12-4-2-1-3-5-12;19-14(17-21)11-7-5-10(6-8-11)9-18-13-4-2-1-3-12(13)16-15(18)20/h3-14,22,30H,15-16H2,1-2H3,(H,27,31);4-11,20,28,32H,3,12-15H2,1-2H3,(H,24,29);3-11,13,17,27H,12H2,1-2H3,(H,21,24);1-9,15,25H,10-11H2,(H,19,24)(H,20,22);1-8,21H,9H2,(H,16,20)(H,17,19)/t22-;20-;17-;15-;/m0010./s1. The van der Waals surface area contributed by atoms with Crippen LogP contribution in [0.25, 0.3) is 11.0 Å². The summed E-state index contributed by atoms with van der Waals surface area (Å²) in [5.74, 6) is -3.09. The predicted molar refractivity (Wildman–Crippen MR) is 509 cm³/mol. The molecule has 16 rings (SSSR count). The van der Waals surface area contributed by atoms with Crippen molar-refractivity contribution in [1.82, 2.24) is 71.5 Å². The summed E-state index contributed by atoms with van der Waals surface area (Å²) >= 11 is 0. The summed E-state index contributed by atoms with van der Waals surface area (Å²) in [6, 6.07) is 74.6. The summed E-state index contributed by atoms with van der Waals surface area (Å²) in [5.41, 5.74) is 16.9. The number of phenols is 2. The Hall–Kier alpha value is -17.0. The van der Waals surface area contributed by atoms with Gasteiger partial charge in [0.1, 0.15) is 41.4 Å². The highest BCUT2D eigenvalue weighted by Crippen LogP contribution is 2.37. The fraction of sp³-hybridized carbons (Fsp3) is 0.216. The summed E-state index contributed by atoms with van der Waals surface area (Å²) in [6.07, 6.45) is 1.74. The fourth-order valence-electron chi connectivity index (χ4n) is 16.0. The molecule has 4 fully saturated rings. The number of ether oxygens (including phenoxy) is 1. The second-order valence-electron chi connectivity index (χ2n) is 33.2. The number of nitrogens with zero attached hydrogens (tertiary/aromatic N) is 9. The van der Waals surface area contributed by atoms with Crippen LogP contribution in [0.4, 0.5) is 30.6 Å². The van der Waals surface area contributed by atoms with Crippen LogP contribution < -0.4 is 52.8 Å². The number of carbonyl (C=O) groups is 13. The molecule has 4 atom stereocenters. The summed E-state index contributed by atoms with van der Waals surface area (Å²) in [6.45, 7) is 6.09. The number of rotatable bonds is 29. The largest absolute Gasteiger partial charge is 0.508 e. The Balaban J connectivity index is 0.000000157. The molecule has 37 nitrogen and oxygen atoms in total. The molecule has 0 unspecified atom stereocenters. The van der Waals surface area contributed by atoms with Gasteiger partial charge in [0.15, 0.2) is 0 Å². The number of carbonyl (C=O) groups excluding carboxylic acids is 13. The molecule has 0 radical (unpaired) electrons. The molecule has 0 aliphatic carbocycles. The number of imide groups is 4. The Bertz CT molecular complexity index is 6450. The number of urea groups is 4. The number of hydroxylamine groups is 4. The molecule has 139 heavy (non-hydrogen) atoms. The van der Waals surface area contributed by atoms with E-state index in [1.54, 1.807) is 250 Å². The molecular formula is C102H104N16O21. The molecule has 4 aliphatic heterocycles. The quantitative estimate of drug-likeness (QED) is 0.0118. The molecule has 4 saturated heterocycles. The first kappa shape index (κ1) is 101. The molecule has 0 bridgehead atoms. The number of H-pyrrole nitrogens is 1. The van der Waals surface area contributed by atoms with Gasteiger partial charge in [-0.1, -0.05) is 172 Å². The lowest BCUT2D eigenvalue weighted by molar-refractivity contribution is -0.129. The van der Waals surface area contributed by atoms with Gasteiger partial charge in [-0.05, 0) is 199 Å². The number of nitrogens with one attached hydrogen (secondary N) is 7. The summed E-state index contributed by atoms with van der Waals surface area (Å²) in [7, 11) is 6.93. The molecule has 17 amide bonds. The minimum Gasteiger partial charge on any atom is -0.508 e. The molecule has 0 spiro atoms. The Kier molecular flexibility index (Phi) is 34.3. The molecule has 1 aromatic heterocycles. The fourth-order valence-corrected chi connectivity index (χ4v) is 16.0. The minimum atomic E-state index is -0.749. The molecule has 4 aliphatic rings. The number of amides is 17. The van der Waals surface area contributed by atoms with Crippen molar-refractivity contribution < 1.29 is 98.1 Å². The monoisotopic (exact) mass is 1890 g/mol. The molecule has 718 valence electrons. The number of aromatic hydroxyl groups is 2. The number of imidazole rings is 1. The van der Waals surface area contributed by atoms with Crippen molar-refractivity contribution in [2.24, 2.45) is 5.92 Å². The van der Waals surface area contributed by atoms with Crippen LogP contribution >= 0.6 is 0 Å². The number of phenolic OH excluding ortho intramolecular Hbond substituents is 2. The Morgan fingerprint density at radius 2 is 0.799 bits per heavy atom. The van der Waals surface area contributed by atoms with E-state index in [-0.39, 0.29) is 108 Å². The van der Waals surface area contributed by atoms with E-state index in [1.165, 1.54) is 33.9 Å². The van der Waals surface area contributed by atoms with E-state index in [0.29, 0.717) is 71.7 Å². The predicted octanol–water partition coefficient (Wildman–Crippen LogP) is 10.9. The van der Waals surface area contributed by atoms with Crippen molar-refractivity contribution >= 4 is 99.7 Å². The van der Waals surface area contributed by atoms with E-state index in [1.807, 2.05) is 93.5 Å². The van der Waals surface area contributed by atoms with E-state index in [9.17, 15) is 77.3 Å². The zero-order chi connectivity index (χ0) is 99.7. The number of aromatic amines is 1. The number of hydrogen-bond acceptors (Lipinski definition) is 22. The van der Waals surface area contributed by atoms with E-state index in [4.69, 9.17) is 25.6 Å². The zero-order valence-electron chi connectivity index (χ0n) is 76.6. The molecule has 11 aromatic carbocycles. The average molecular weight is 1890 g/mol. The van der Waals surface area contributed by atoms with Crippen LogP contribution in [0.1, 0.15) is 117 Å². The van der Waals surface area contributed by atoms with Gasteiger partial charge in [0.05, 0.1) is 42.6 Å². The number of para-hydroxylation sites is 5. The van der Waals surface area contributed by atoms with Gasteiger partial charge >= 0.3 is 29.8 Å². The van der Waals surface area contributed by atoms with Crippen molar-refractivity contribution in [3.8, 4) is 17.2 Å². The lowest BCUT2D eigenvalue weighted by Gasteiger charge is -2.24. The number of hydrogen-bond donors (Lipinski definition) is 13. The zero-order valence-corrected chi connectivity index (χ0v) is 76.6. The molecule has 0 saturated carbocycles. The Labute approximate surface area is 797 Å². The second-order valence-corrected chi connectivity index (χ2v) is 33.2. The van der Waals surface area contributed by atoms with Crippen molar-refractivity contribution in [2.75, 3.05) is 51.1 Å².